The predicted molar refractivity (Wildman–Crippen MR) is 47.1 cm³/mol. The SMILES string of the molecule is O=C=NC1(c2ccc(F)c(O)c2F)CC1. The molecule has 1 aromatic rings. The van der Waals surface area contributed by atoms with Crippen LogP contribution in [0.5, 0.6) is 5.75 Å². The number of halogens is 2. The van der Waals surface area contributed by atoms with E-state index in [0.717, 1.165) is 6.07 Å². The quantitative estimate of drug-likeness (QED) is 0.600. The molecule has 78 valence electrons. The second-order valence-electron chi connectivity index (χ2n) is 3.49. The van der Waals surface area contributed by atoms with Crippen LogP contribution in [0.15, 0.2) is 17.1 Å². The normalized spacial score (nSPS) is 16.9. The zero-order valence-electron chi connectivity index (χ0n) is 7.63. The summed E-state index contributed by atoms with van der Waals surface area (Å²) in [5.41, 5.74) is -0.887. The summed E-state index contributed by atoms with van der Waals surface area (Å²) in [7, 11) is 0. The lowest BCUT2D eigenvalue weighted by atomic mass is 10.0. The first-order valence-electron chi connectivity index (χ1n) is 4.37. The van der Waals surface area contributed by atoms with Gasteiger partial charge in [-0.05, 0) is 18.9 Å². The van der Waals surface area contributed by atoms with Crippen LogP contribution in [0, 0.1) is 11.6 Å². The molecular weight excluding hydrogens is 204 g/mol. The minimum absolute atomic E-state index is 0.0461. The molecule has 2 rings (SSSR count). The van der Waals surface area contributed by atoms with Gasteiger partial charge in [-0.2, -0.15) is 4.99 Å². The molecule has 1 fully saturated rings. The number of phenolic OH excluding ortho intramolecular Hbond substituents is 1. The van der Waals surface area contributed by atoms with Crippen LogP contribution in [0.25, 0.3) is 0 Å². The molecule has 1 saturated carbocycles. The van der Waals surface area contributed by atoms with Gasteiger partial charge in [0.1, 0.15) is 5.54 Å². The number of nitrogens with zero attached hydrogens (tertiary/aromatic N) is 1. The summed E-state index contributed by atoms with van der Waals surface area (Å²) in [5.74, 6) is -3.10. The van der Waals surface area contributed by atoms with Crippen LogP contribution < -0.4 is 0 Å². The summed E-state index contributed by atoms with van der Waals surface area (Å²) >= 11 is 0. The minimum atomic E-state index is -1.05. The molecule has 1 aromatic carbocycles. The molecule has 0 bridgehead atoms. The second-order valence-corrected chi connectivity index (χ2v) is 3.49. The molecule has 0 spiro atoms. The minimum Gasteiger partial charge on any atom is -0.503 e. The van der Waals surface area contributed by atoms with E-state index in [4.69, 9.17) is 5.11 Å². The molecule has 0 saturated heterocycles. The Balaban J connectivity index is 2.55. The number of hydrogen-bond acceptors (Lipinski definition) is 3. The summed E-state index contributed by atoms with van der Waals surface area (Å²) in [6.45, 7) is 0. The number of aliphatic imine (C=N–C) groups is 1. The Hall–Kier alpha value is -1.74. The summed E-state index contributed by atoms with van der Waals surface area (Å²) < 4.78 is 26.2. The molecule has 15 heavy (non-hydrogen) atoms. The van der Waals surface area contributed by atoms with E-state index in [-0.39, 0.29) is 5.56 Å². The Labute approximate surface area is 84.1 Å². The zero-order chi connectivity index (χ0) is 11.1. The van der Waals surface area contributed by atoms with Crippen LogP contribution in [-0.4, -0.2) is 11.2 Å². The fraction of sp³-hybridized carbons (Fsp3) is 0.300. The van der Waals surface area contributed by atoms with Crippen molar-refractivity contribution in [3.8, 4) is 5.75 Å². The lowest BCUT2D eigenvalue weighted by Gasteiger charge is -2.10. The molecule has 3 nitrogen and oxygen atoms in total. The summed E-state index contributed by atoms with van der Waals surface area (Å²) in [6, 6.07) is 2.15. The van der Waals surface area contributed by atoms with Gasteiger partial charge in [-0.15, -0.1) is 0 Å². The number of benzene rings is 1. The van der Waals surface area contributed by atoms with Gasteiger partial charge >= 0.3 is 0 Å². The van der Waals surface area contributed by atoms with Gasteiger partial charge in [0.15, 0.2) is 17.4 Å². The third kappa shape index (κ3) is 1.41. The van der Waals surface area contributed by atoms with Crippen molar-refractivity contribution in [3.63, 3.8) is 0 Å². The molecule has 0 heterocycles. The molecule has 0 aromatic heterocycles. The highest BCUT2D eigenvalue weighted by Gasteiger charge is 2.47. The Morgan fingerprint density at radius 3 is 2.60 bits per heavy atom. The third-order valence-electron chi connectivity index (χ3n) is 2.55. The highest BCUT2D eigenvalue weighted by Crippen LogP contribution is 2.51. The molecule has 0 unspecified atom stereocenters. The molecule has 1 aliphatic rings. The van der Waals surface area contributed by atoms with Gasteiger partial charge in [-0.25, -0.2) is 13.6 Å². The Morgan fingerprint density at radius 1 is 1.40 bits per heavy atom. The van der Waals surface area contributed by atoms with Crippen molar-refractivity contribution in [2.75, 3.05) is 0 Å². The molecule has 1 aliphatic carbocycles. The summed E-state index contributed by atoms with van der Waals surface area (Å²) in [4.78, 5) is 13.6. The fourth-order valence-electron chi connectivity index (χ4n) is 1.55. The molecule has 0 aliphatic heterocycles. The van der Waals surface area contributed by atoms with Crippen molar-refractivity contribution in [1.29, 1.82) is 0 Å². The Kier molecular flexibility index (Phi) is 2.05. The van der Waals surface area contributed by atoms with Crippen molar-refractivity contribution in [3.05, 3.63) is 29.3 Å². The standard InChI is InChI=1S/C10H7F2NO2/c11-7-2-1-6(8(12)9(7)15)10(3-4-10)13-5-14/h1-2,15H,3-4H2. The van der Waals surface area contributed by atoms with Crippen LogP contribution in [0.2, 0.25) is 0 Å². The maximum Gasteiger partial charge on any atom is 0.235 e. The third-order valence-corrected chi connectivity index (χ3v) is 2.55. The maximum absolute atomic E-state index is 13.4. The van der Waals surface area contributed by atoms with E-state index in [1.165, 1.54) is 12.1 Å². The summed E-state index contributed by atoms with van der Waals surface area (Å²) in [5, 5.41) is 9.06. The molecule has 1 N–H and O–H groups in total. The first kappa shape index (κ1) is 9.80. The Bertz CT molecular complexity index is 463. The number of phenols is 1. The van der Waals surface area contributed by atoms with E-state index in [9.17, 15) is 13.6 Å². The largest absolute Gasteiger partial charge is 0.503 e. The smallest absolute Gasteiger partial charge is 0.235 e. The van der Waals surface area contributed by atoms with Gasteiger partial charge in [-0.1, -0.05) is 6.07 Å². The van der Waals surface area contributed by atoms with Gasteiger partial charge in [0.05, 0.1) is 0 Å². The average Bonchev–Trinajstić information content (AvgIpc) is 2.96. The molecular formula is C10H7F2NO2. The fourth-order valence-corrected chi connectivity index (χ4v) is 1.55. The van der Waals surface area contributed by atoms with Crippen LogP contribution in [0.3, 0.4) is 0 Å². The van der Waals surface area contributed by atoms with E-state index in [1.54, 1.807) is 0 Å². The average molecular weight is 211 g/mol. The molecule has 5 heteroatoms. The predicted octanol–water partition coefficient (Wildman–Crippen LogP) is 2.00. The number of aromatic hydroxyl groups is 1. The van der Waals surface area contributed by atoms with Crippen LogP contribution in [0.4, 0.5) is 8.78 Å². The Morgan fingerprint density at radius 2 is 2.07 bits per heavy atom. The second kappa shape index (κ2) is 3.14. The van der Waals surface area contributed by atoms with E-state index < -0.39 is 22.9 Å². The van der Waals surface area contributed by atoms with Crippen molar-refractivity contribution < 1.29 is 18.7 Å². The van der Waals surface area contributed by atoms with Crippen molar-refractivity contribution in [2.45, 2.75) is 18.4 Å². The van der Waals surface area contributed by atoms with Crippen molar-refractivity contribution >= 4 is 6.08 Å². The van der Waals surface area contributed by atoms with Crippen molar-refractivity contribution in [2.24, 2.45) is 4.99 Å². The number of isocyanates is 1. The van der Waals surface area contributed by atoms with Gasteiger partial charge in [0.25, 0.3) is 0 Å². The van der Waals surface area contributed by atoms with Crippen LogP contribution >= 0.6 is 0 Å². The maximum atomic E-state index is 13.4. The van der Waals surface area contributed by atoms with Gasteiger partial charge in [0.2, 0.25) is 6.08 Å². The van der Waals surface area contributed by atoms with Gasteiger partial charge in [-0.3, -0.25) is 0 Å². The molecule has 0 amide bonds. The van der Waals surface area contributed by atoms with E-state index in [1.807, 2.05) is 0 Å². The number of carbonyl (C=O) groups excluding carboxylic acids is 1. The van der Waals surface area contributed by atoms with Crippen LogP contribution in [0.1, 0.15) is 18.4 Å². The van der Waals surface area contributed by atoms with E-state index >= 15 is 0 Å². The highest BCUT2D eigenvalue weighted by atomic mass is 19.1. The molecule has 0 atom stereocenters. The van der Waals surface area contributed by atoms with Gasteiger partial charge < -0.3 is 5.11 Å². The molecule has 0 radical (unpaired) electrons. The van der Waals surface area contributed by atoms with Crippen molar-refractivity contribution in [1.82, 2.24) is 0 Å². The number of hydrogen-bond donors (Lipinski definition) is 1. The van der Waals surface area contributed by atoms with E-state index in [0.29, 0.717) is 12.8 Å². The first-order valence-corrected chi connectivity index (χ1v) is 4.37. The lowest BCUT2D eigenvalue weighted by Crippen LogP contribution is -2.06. The van der Waals surface area contributed by atoms with E-state index in [2.05, 4.69) is 4.99 Å². The lowest BCUT2D eigenvalue weighted by molar-refractivity contribution is 0.389. The highest BCUT2D eigenvalue weighted by molar-refractivity contribution is 5.44. The van der Waals surface area contributed by atoms with Crippen LogP contribution in [-0.2, 0) is 10.3 Å². The first-order chi connectivity index (χ1) is 7.10. The topological polar surface area (TPSA) is 49.7 Å². The summed E-state index contributed by atoms with van der Waals surface area (Å²) in [6.07, 6.45) is 2.37. The monoisotopic (exact) mass is 211 g/mol. The number of rotatable bonds is 2. The zero-order valence-corrected chi connectivity index (χ0v) is 7.63. The van der Waals surface area contributed by atoms with Gasteiger partial charge in [0, 0.05) is 5.56 Å².